The van der Waals surface area contributed by atoms with Crippen molar-refractivity contribution in [1.82, 2.24) is 0 Å². The fourth-order valence-corrected chi connectivity index (χ4v) is 3.29. The summed E-state index contributed by atoms with van der Waals surface area (Å²) >= 11 is 0. The Morgan fingerprint density at radius 1 is 0.909 bits per heavy atom. The molecule has 1 heteroatoms. The molecule has 3 aliphatic carbocycles. The fourth-order valence-electron chi connectivity index (χ4n) is 3.29. The Hall–Kier alpha value is -0.0400. The summed E-state index contributed by atoms with van der Waals surface area (Å²) in [5.74, 6) is 2.17. The van der Waals surface area contributed by atoms with Crippen molar-refractivity contribution in [2.75, 3.05) is 0 Å². The van der Waals surface area contributed by atoms with Crippen LogP contribution < -0.4 is 0 Å². The van der Waals surface area contributed by atoms with Gasteiger partial charge in [-0.1, -0.05) is 12.8 Å². The lowest BCUT2D eigenvalue weighted by atomic mass is 10.0. The molecule has 0 aliphatic heterocycles. The fraction of sp³-hybridized carbons (Fsp3) is 1.00. The zero-order valence-corrected chi connectivity index (χ0v) is 6.92. The van der Waals surface area contributed by atoms with Crippen molar-refractivity contribution in [3.05, 3.63) is 0 Å². The predicted molar refractivity (Wildman–Crippen MR) is 43.1 cm³/mol. The van der Waals surface area contributed by atoms with Crippen LogP contribution in [0.3, 0.4) is 0 Å². The highest BCUT2D eigenvalue weighted by atomic mass is 16.3. The molecule has 3 fully saturated rings. The van der Waals surface area contributed by atoms with Crippen LogP contribution in [-0.2, 0) is 0 Å². The molecule has 0 spiro atoms. The van der Waals surface area contributed by atoms with Crippen LogP contribution in [-0.4, -0.2) is 10.7 Å². The van der Waals surface area contributed by atoms with E-state index in [1.807, 2.05) is 0 Å². The largest absolute Gasteiger partial charge is 0.389 e. The first-order valence-corrected chi connectivity index (χ1v) is 5.06. The molecule has 62 valence electrons. The van der Waals surface area contributed by atoms with Gasteiger partial charge in [0.05, 0.1) is 5.60 Å². The number of hydrogen-bond acceptors (Lipinski definition) is 1. The van der Waals surface area contributed by atoms with E-state index in [2.05, 4.69) is 0 Å². The molecule has 2 atom stereocenters. The topological polar surface area (TPSA) is 20.2 Å². The van der Waals surface area contributed by atoms with Gasteiger partial charge in [0.15, 0.2) is 0 Å². The molecule has 0 radical (unpaired) electrons. The normalized spacial score (nSPS) is 55.4. The van der Waals surface area contributed by atoms with Gasteiger partial charge in [-0.25, -0.2) is 0 Å². The summed E-state index contributed by atoms with van der Waals surface area (Å²) in [6.45, 7) is 0. The quantitative estimate of drug-likeness (QED) is 0.609. The molecule has 3 saturated carbocycles. The minimum atomic E-state index is -0.142. The van der Waals surface area contributed by atoms with E-state index >= 15 is 0 Å². The molecule has 11 heavy (non-hydrogen) atoms. The Kier molecular flexibility index (Phi) is 1.07. The molecule has 0 aromatic heterocycles. The maximum absolute atomic E-state index is 10.2. The Bertz CT molecular complexity index is 171. The zero-order chi connectivity index (χ0) is 7.47. The minimum Gasteiger partial charge on any atom is -0.389 e. The zero-order valence-electron chi connectivity index (χ0n) is 6.92. The van der Waals surface area contributed by atoms with Crippen molar-refractivity contribution >= 4 is 0 Å². The molecule has 2 unspecified atom stereocenters. The molecule has 0 heterocycles. The van der Waals surface area contributed by atoms with Gasteiger partial charge in [-0.15, -0.1) is 0 Å². The second-order valence-corrected chi connectivity index (χ2v) is 4.66. The van der Waals surface area contributed by atoms with Crippen molar-refractivity contribution in [3.63, 3.8) is 0 Å². The van der Waals surface area contributed by atoms with Crippen molar-refractivity contribution < 1.29 is 5.11 Å². The van der Waals surface area contributed by atoms with Crippen LogP contribution in [0.5, 0.6) is 0 Å². The summed E-state index contributed by atoms with van der Waals surface area (Å²) < 4.78 is 0. The molecule has 0 bridgehead atoms. The number of rotatable bonds is 1. The first kappa shape index (κ1) is 6.47. The van der Waals surface area contributed by atoms with Crippen LogP contribution in [0.4, 0.5) is 0 Å². The van der Waals surface area contributed by atoms with E-state index in [0.29, 0.717) is 0 Å². The van der Waals surface area contributed by atoms with E-state index in [1.54, 1.807) is 0 Å². The van der Waals surface area contributed by atoms with E-state index in [0.717, 1.165) is 17.8 Å². The van der Waals surface area contributed by atoms with Gasteiger partial charge in [-0.05, 0) is 43.4 Å². The number of aliphatic hydroxyl groups is 1. The lowest BCUT2D eigenvalue weighted by molar-refractivity contribution is 0.0944. The van der Waals surface area contributed by atoms with Crippen molar-refractivity contribution in [2.45, 2.75) is 44.1 Å². The minimum absolute atomic E-state index is 0.142. The third-order valence-corrected chi connectivity index (χ3v) is 4.08. The summed E-state index contributed by atoms with van der Waals surface area (Å²) in [5.41, 5.74) is -0.142. The molecule has 3 aliphatic rings. The first-order valence-electron chi connectivity index (χ1n) is 5.06. The van der Waals surface area contributed by atoms with Gasteiger partial charge in [0.1, 0.15) is 0 Å². The lowest BCUT2D eigenvalue weighted by Gasteiger charge is -2.06. The summed E-state index contributed by atoms with van der Waals surface area (Å²) in [7, 11) is 0. The van der Waals surface area contributed by atoms with Crippen LogP contribution in [0.1, 0.15) is 38.5 Å². The monoisotopic (exact) mass is 152 g/mol. The highest BCUT2D eigenvalue weighted by Gasteiger charge is 2.69. The molecule has 0 amide bonds. The SMILES string of the molecule is OC1(C2CC2)C2CCCCC21. The molecule has 0 aromatic rings. The van der Waals surface area contributed by atoms with Gasteiger partial charge in [0.2, 0.25) is 0 Å². The summed E-state index contributed by atoms with van der Waals surface area (Å²) in [5, 5.41) is 10.2. The second-order valence-electron chi connectivity index (χ2n) is 4.66. The van der Waals surface area contributed by atoms with Crippen LogP contribution in [0, 0.1) is 17.8 Å². The van der Waals surface area contributed by atoms with Crippen LogP contribution in [0.25, 0.3) is 0 Å². The number of fused-ring (bicyclic) bond motifs is 1. The van der Waals surface area contributed by atoms with Crippen molar-refractivity contribution in [3.8, 4) is 0 Å². The average Bonchev–Trinajstić information content (AvgIpc) is 2.88. The molecule has 1 nitrogen and oxygen atoms in total. The van der Waals surface area contributed by atoms with Crippen molar-refractivity contribution in [1.29, 1.82) is 0 Å². The number of hydrogen-bond donors (Lipinski definition) is 1. The van der Waals surface area contributed by atoms with E-state index < -0.39 is 0 Å². The third-order valence-electron chi connectivity index (χ3n) is 4.08. The Morgan fingerprint density at radius 2 is 1.45 bits per heavy atom. The summed E-state index contributed by atoms with van der Waals surface area (Å²) in [6.07, 6.45) is 7.99. The molecular weight excluding hydrogens is 136 g/mol. The van der Waals surface area contributed by atoms with E-state index in [1.165, 1.54) is 38.5 Å². The molecular formula is C10H16O. The van der Waals surface area contributed by atoms with Crippen molar-refractivity contribution in [2.24, 2.45) is 17.8 Å². The maximum atomic E-state index is 10.2. The smallest absolute Gasteiger partial charge is 0.0739 e. The van der Waals surface area contributed by atoms with Crippen LogP contribution in [0.15, 0.2) is 0 Å². The highest BCUT2D eigenvalue weighted by molar-refractivity contribution is 5.19. The maximum Gasteiger partial charge on any atom is 0.0739 e. The highest BCUT2D eigenvalue weighted by Crippen LogP contribution is 2.67. The molecule has 0 saturated heterocycles. The molecule has 1 N–H and O–H groups in total. The molecule has 3 rings (SSSR count). The van der Waals surface area contributed by atoms with Gasteiger partial charge in [-0.3, -0.25) is 0 Å². The van der Waals surface area contributed by atoms with E-state index in [4.69, 9.17) is 0 Å². The lowest BCUT2D eigenvalue weighted by Crippen LogP contribution is -2.15. The van der Waals surface area contributed by atoms with E-state index in [-0.39, 0.29) is 5.60 Å². The summed E-state index contributed by atoms with van der Waals surface area (Å²) in [6, 6.07) is 0. The van der Waals surface area contributed by atoms with Gasteiger partial charge in [0, 0.05) is 0 Å². The van der Waals surface area contributed by atoms with Gasteiger partial charge in [0.25, 0.3) is 0 Å². The summed E-state index contributed by atoms with van der Waals surface area (Å²) in [4.78, 5) is 0. The first-order chi connectivity index (χ1) is 5.33. The Labute approximate surface area is 67.8 Å². The Morgan fingerprint density at radius 3 is 1.91 bits per heavy atom. The molecule has 0 aromatic carbocycles. The standard InChI is InChI=1S/C10H16O/c11-10(7-5-6-7)8-3-1-2-4-9(8)10/h7-9,11H,1-6H2. The van der Waals surface area contributed by atoms with Crippen LogP contribution >= 0.6 is 0 Å². The van der Waals surface area contributed by atoms with Gasteiger partial charge in [-0.2, -0.15) is 0 Å². The third kappa shape index (κ3) is 0.703. The van der Waals surface area contributed by atoms with Crippen LogP contribution in [0.2, 0.25) is 0 Å². The van der Waals surface area contributed by atoms with E-state index in [9.17, 15) is 5.11 Å². The predicted octanol–water partition coefficient (Wildman–Crippen LogP) is 1.95. The van der Waals surface area contributed by atoms with Gasteiger partial charge < -0.3 is 5.11 Å². The second kappa shape index (κ2) is 1.82. The van der Waals surface area contributed by atoms with Gasteiger partial charge >= 0.3 is 0 Å². The Balaban J connectivity index is 1.80. The average molecular weight is 152 g/mol.